The predicted molar refractivity (Wildman–Crippen MR) is 154 cm³/mol. The Bertz CT molecular complexity index is 1410. The van der Waals surface area contributed by atoms with E-state index in [1.165, 1.54) is 0 Å². The van der Waals surface area contributed by atoms with E-state index in [1.807, 2.05) is 123 Å². The molecule has 0 amide bonds. The molecule has 4 aromatic carbocycles. The Morgan fingerprint density at radius 2 is 0.784 bits per heavy atom. The number of hydrogen-bond donors (Lipinski definition) is 1. The summed E-state index contributed by atoms with van der Waals surface area (Å²) in [6, 6.07) is 37.4. The van der Waals surface area contributed by atoms with E-state index in [4.69, 9.17) is 32.3 Å². The zero-order valence-corrected chi connectivity index (χ0v) is 23.6. The standard InChI is InChI=1S/C27H30N3O4P3/c1-35(28,31-24-16-8-4-9-17-24)29-36(2,32-25-18-10-5-11-19-25)30-37(3,33-26-20-12-6-13-21-26)34-27-22-14-7-15-23-27/h4-23,28H,1-3H3. The van der Waals surface area contributed by atoms with Crippen molar-refractivity contribution in [2.75, 3.05) is 20.0 Å². The van der Waals surface area contributed by atoms with Crippen molar-refractivity contribution in [1.29, 1.82) is 5.16 Å². The highest BCUT2D eigenvalue weighted by Gasteiger charge is 2.29. The molecule has 4 rings (SSSR count). The van der Waals surface area contributed by atoms with Gasteiger partial charge in [-0.25, -0.2) is 0 Å². The average molecular weight is 553 g/mol. The summed E-state index contributed by atoms with van der Waals surface area (Å²) >= 11 is 0. The quantitative estimate of drug-likeness (QED) is 0.198. The van der Waals surface area contributed by atoms with Crippen LogP contribution in [0, 0.1) is 5.16 Å². The van der Waals surface area contributed by atoms with E-state index in [0.717, 1.165) is 0 Å². The lowest BCUT2D eigenvalue weighted by molar-refractivity contribution is 0.482. The number of nitrogens with one attached hydrogen (secondary N) is 1. The molecule has 0 saturated heterocycles. The van der Waals surface area contributed by atoms with Crippen LogP contribution < -0.4 is 18.1 Å². The highest BCUT2D eigenvalue weighted by Crippen LogP contribution is 2.66. The minimum absolute atomic E-state index is 0.571. The van der Waals surface area contributed by atoms with Gasteiger partial charge in [0.15, 0.2) is 0 Å². The third-order valence-corrected chi connectivity index (χ3v) is 12.3. The van der Waals surface area contributed by atoms with Gasteiger partial charge >= 0.3 is 7.51 Å². The maximum Gasteiger partial charge on any atom is 0.318 e. The number of nitrogens with zero attached hydrogens (tertiary/aromatic N) is 2. The zero-order valence-electron chi connectivity index (χ0n) is 20.9. The lowest BCUT2D eigenvalue weighted by atomic mass is 10.3. The Balaban J connectivity index is 1.83. The minimum atomic E-state index is -3.06. The maximum absolute atomic E-state index is 8.98. The lowest BCUT2D eigenvalue weighted by Gasteiger charge is -2.27. The molecule has 0 aliphatic carbocycles. The van der Waals surface area contributed by atoms with Crippen molar-refractivity contribution in [3.63, 3.8) is 0 Å². The molecule has 10 heteroatoms. The second kappa shape index (κ2) is 11.9. The molecule has 7 nitrogen and oxygen atoms in total. The zero-order chi connectivity index (χ0) is 26.2. The summed E-state index contributed by atoms with van der Waals surface area (Å²) in [5.74, 6) is 2.40. The molecule has 192 valence electrons. The first-order chi connectivity index (χ1) is 17.7. The first kappa shape index (κ1) is 26.8. The van der Waals surface area contributed by atoms with E-state index < -0.39 is 22.4 Å². The Morgan fingerprint density at radius 1 is 0.459 bits per heavy atom. The second-order valence-corrected chi connectivity index (χ2v) is 15.5. The van der Waals surface area contributed by atoms with E-state index in [9.17, 15) is 0 Å². The SMILES string of the molecule is CP(=N)(N=P(C)(N=P(C)(Oc1ccccc1)Oc1ccccc1)Oc1ccccc1)Oc1ccccc1. The molecule has 0 aliphatic rings. The van der Waals surface area contributed by atoms with Gasteiger partial charge < -0.3 is 18.1 Å². The fourth-order valence-electron chi connectivity index (χ4n) is 3.47. The Kier molecular flexibility index (Phi) is 8.61. The maximum atomic E-state index is 8.98. The Labute approximate surface area is 218 Å². The van der Waals surface area contributed by atoms with Gasteiger partial charge in [-0.15, -0.1) is 0 Å². The summed E-state index contributed by atoms with van der Waals surface area (Å²) in [7, 11) is -9.13. The van der Waals surface area contributed by atoms with Crippen molar-refractivity contribution in [1.82, 2.24) is 0 Å². The van der Waals surface area contributed by atoms with Gasteiger partial charge in [0.1, 0.15) is 23.0 Å². The molecule has 0 bridgehead atoms. The van der Waals surface area contributed by atoms with E-state index >= 15 is 0 Å². The smallest absolute Gasteiger partial charge is 0.318 e. The van der Waals surface area contributed by atoms with Crippen LogP contribution in [-0.2, 0) is 0 Å². The molecule has 0 heterocycles. The number of benzene rings is 4. The molecule has 2 atom stereocenters. The van der Waals surface area contributed by atoms with Gasteiger partial charge in [-0.05, 0) is 48.5 Å². The van der Waals surface area contributed by atoms with Crippen LogP contribution in [0.15, 0.2) is 130 Å². The van der Waals surface area contributed by atoms with Crippen LogP contribution in [0.5, 0.6) is 23.0 Å². The van der Waals surface area contributed by atoms with Crippen LogP contribution in [0.4, 0.5) is 0 Å². The predicted octanol–water partition coefficient (Wildman–Crippen LogP) is 9.86. The summed E-state index contributed by atoms with van der Waals surface area (Å²) in [4.78, 5) is 0. The molecule has 4 aromatic rings. The van der Waals surface area contributed by atoms with Gasteiger partial charge in [-0.1, -0.05) is 72.8 Å². The minimum Gasteiger partial charge on any atom is -0.442 e. The van der Waals surface area contributed by atoms with Crippen molar-refractivity contribution < 1.29 is 18.1 Å². The fourth-order valence-corrected chi connectivity index (χ4v) is 11.7. The third-order valence-electron chi connectivity index (χ3n) is 4.75. The van der Waals surface area contributed by atoms with Gasteiger partial charge in [0.25, 0.3) is 7.43 Å². The molecule has 1 N–H and O–H groups in total. The highest BCUT2D eigenvalue weighted by atomic mass is 31.2. The normalized spacial score (nSPS) is 14.4. The van der Waals surface area contributed by atoms with Gasteiger partial charge in [-0.3, -0.25) is 5.16 Å². The van der Waals surface area contributed by atoms with Crippen LogP contribution in [-0.4, -0.2) is 20.0 Å². The van der Waals surface area contributed by atoms with Crippen LogP contribution in [0.3, 0.4) is 0 Å². The van der Waals surface area contributed by atoms with Gasteiger partial charge in [0.05, 0.1) is 0 Å². The van der Waals surface area contributed by atoms with Crippen molar-refractivity contribution in [2.24, 2.45) is 9.03 Å². The summed E-state index contributed by atoms with van der Waals surface area (Å²) in [6.45, 7) is 5.31. The van der Waals surface area contributed by atoms with E-state index in [-0.39, 0.29) is 0 Å². The Hall–Kier alpha value is -3.23. The van der Waals surface area contributed by atoms with E-state index in [0.29, 0.717) is 23.0 Å². The molecular formula is C27H30N3O4P3. The molecule has 0 saturated carbocycles. The number of hydrogen-bond acceptors (Lipinski definition) is 5. The summed E-state index contributed by atoms with van der Waals surface area (Å²) in [6.07, 6.45) is 0. The second-order valence-electron chi connectivity index (χ2n) is 8.31. The fraction of sp³-hybridized carbons (Fsp3) is 0.111. The number of para-hydroxylation sites is 4. The van der Waals surface area contributed by atoms with E-state index in [1.54, 1.807) is 18.8 Å². The molecular weight excluding hydrogens is 523 g/mol. The van der Waals surface area contributed by atoms with Gasteiger partial charge in [0.2, 0.25) is 7.43 Å². The average Bonchev–Trinajstić information content (AvgIpc) is 2.85. The largest absolute Gasteiger partial charge is 0.442 e. The van der Waals surface area contributed by atoms with Gasteiger partial charge in [0, 0.05) is 20.0 Å². The monoisotopic (exact) mass is 553 g/mol. The van der Waals surface area contributed by atoms with Gasteiger partial charge in [-0.2, -0.15) is 9.03 Å². The molecule has 2 unspecified atom stereocenters. The Morgan fingerprint density at radius 3 is 1.16 bits per heavy atom. The van der Waals surface area contributed by atoms with Crippen LogP contribution >= 0.6 is 22.4 Å². The van der Waals surface area contributed by atoms with Crippen LogP contribution in [0.1, 0.15) is 0 Å². The molecule has 0 fully saturated rings. The molecule has 0 radical (unpaired) electrons. The lowest BCUT2D eigenvalue weighted by Crippen LogP contribution is -2.02. The van der Waals surface area contributed by atoms with Crippen molar-refractivity contribution in [3.8, 4) is 23.0 Å². The highest BCUT2D eigenvalue weighted by molar-refractivity contribution is 7.75. The third kappa shape index (κ3) is 8.40. The van der Waals surface area contributed by atoms with Crippen molar-refractivity contribution in [2.45, 2.75) is 0 Å². The number of rotatable bonds is 10. The van der Waals surface area contributed by atoms with E-state index in [2.05, 4.69) is 0 Å². The van der Waals surface area contributed by atoms with Crippen molar-refractivity contribution >= 4 is 22.4 Å². The first-order valence-electron chi connectivity index (χ1n) is 11.6. The molecule has 0 aliphatic heterocycles. The van der Waals surface area contributed by atoms with Crippen molar-refractivity contribution in [3.05, 3.63) is 121 Å². The molecule has 37 heavy (non-hydrogen) atoms. The summed E-state index contributed by atoms with van der Waals surface area (Å²) in [5.41, 5.74) is 0. The summed E-state index contributed by atoms with van der Waals surface area (Å²) < 4.78 is 35.1. The topological polar surface area (TPSA) is 85.5 Å². The van der Waals surface area contributed by atoms with Crippen LogP contribution in [0.25, 0.3) is 0 Å². The molecule has 0 aromatic heterocycles. The van der Waals surface area contributed by atoms with Crippen LogP contribution in [0.2, 0.25) is 0 Å². The first-order valence-corrected chi connectivity index (χ1v) is 17.7. The summed E-state index contributed by atoms with van der Waals surface area (Å²) in [5, 5.41) is 8.98. The molecule has 0 spiro atoms.